The van der Waals surface area contributed by atoms with E-state index in [9.17, 15) is 0 Å². The van der Waals surface area contributed by atoms with Crippen LogP contribution in [0.1, 0.15) is 5.56 Å². The van der Waals surface area contributed by atoms with E-state index in [2.05, 4.69) is 55.7 Å². The Hall–Kier alpha value is -3.25. The topological polar surface area (TPSA) is 66.5 Å². The van der Waals surface area contributed by atoms with Gasteiger partial charge in [0.05, 0.1) is 10.2 Å². The van der Waals surface area contributed by atoms with Crippen molar-refractivity contribution in [3.63, 3.8) is 0 Å². The summed E-state index contributed by atoms with van der Waals surface area (Å²) in [6, 6.07) is 16.5. The monoisotopic (exact) mass is 371 g/mol. The maximum absolute atomic E-state index is 4.65. The molecule has 0 radical (unpaired) electrons. The third-order valence-electron chi connectivity index (χ3n) is 4.55. The van der Waals surface area contributed by atoms with Gasteiger partial charge in [0, 0.05) is 41.6 Å². The molecule has 132 valence electrons. The summed E-state index contributed by atoms with van der Waals surface area (Å²) in [4.78, 5) is 16.8. The average Bonchev–Trinajstić information content (AvgIpc) is 3.33. The highest BCUT2D eigenvalue weighted by Crippen LogP contribution is 2.29. The van der Waals surface area contributed by atoms with Gasteiger partial charge in [-0.3, -0.25) is 0 Å². The fourth-order valence-electron chi connectivity index (χ4n) is 3.17. The van der Waals surface area contributed by atoms with E-state index in [1.807, 2.05) is 36.7 Å². The van der Waals surface area contributed by atoms with Crippen molar-refractivity contribution >= 4 is 38.4 Å². The van der Waals surface area contributed by atoms with Crippen LogP contribution >= 0.6 is 11.3 Å². The second-order valence-corrected chi connectivity index (χ2v) is 7.35. The summed E-state index contributed by atoms with van der Waals surface area (Å²) in [6.45, 7) is 0.780. The van der Waals surface area contributed by atoms with Crippen LogP contribution in [0.3, 0.4) is 0 Å². The van der Waals surface area contributed by atoms with Crippen LogP contribution in [0.5, 0.6) is 0 Å². The van der Waals surface area contributed by atoms with Crippen LogP contribution in [0.2, 0.25) is 0 Å². The van der Waals surface area contributed by atoms with Gasteiger partial charge in [0.2, 0.25) is 5.95 Å². The number of fused-ring (bicyclic) bond motifs is 2. The Morgan fingerprint density at radius 2 is 1.78 bits per heavy atom. The molecule has 5 aromatic rings. The van der Waals surface area contributed by atoms with Crippen molar-refractivity contribution in [2.24, 2.45) is 0 Å². The summed E-state index contributed by atoms with van der Waals surface area (Å²) in [7, 11) is 0. The number of benzene rings is 2. The van der Waals surface area contributed by atoms with E-state index in [0.717, 1.165) is 29.1 Å². The number of H-pyrrole nitrogens is 1. The van der Waals surface area contributed by atoms with E-state index in [1.54, 1.807) is 11.3 Å². The molecule has 0 aliphatic heterocycles. The molecule has 27 heavy (non-hydrogen) atoms. The second kappa shape index (κ2) is 6.81. The number of nitrogens with one attached hydrogen (secondary N) is 2. The Balaban J connectivity index is 1.26. The first-order chi connectivity index (χ1) is 13.4. The molecular weight excluding hydrogens is 354 g/mol. The molecule has 2 aromatic carbocycles. The number of thiazole rings is 1. The van der Waals surface area contributed by atoms with Gasteiger partial charge in [-0.25, -0.2) is 15.0 Å². The van der Waals surface area contributed by atoms with Crippen molar-refractivity contribution in [3.8, 4) is 10.6 Å². The number of para-hydroxylation sites is 2. The van der Waals surface area contributed by atoms with Crippen molar-refractivity contribution in [1.82, 2.24) is 19.9 Å². The van der Waals surface area contributed by atoms with Gasteiger partial charge >= 0.3 is 0 Å². The van der Waals surface area contributed by atoms with E-state index in [1.165, 1.54) is 21.2 Å². The molecule has 5 nitrogen and oxygen atoms in total. The van der Waals surface area contributed by atoms with Crippen LogP contribution in [0.4, 0.5) is 5.95 Å². The first-order valence-electron chi connectivity index (χ1n) is 8.84. The Kier molecular flexibility index (Phi) is 4.03. The highest BCUT2D eigenvalue weighted by atomic mass is 32.1. The van der Waals surface area contributed by atoms with Gasteiger partial charge in [-0.2, -0.15) is 0 Å². The summed E-state index contributed by atoms with van der Waals surface area (Å²) in [5.41, 5.74) is 4.42. The van der Waals surface area contributed by atoms with Crippen molar-refractivity contribution in [1.29, 1.82) is 0 Å². The summed E-state index contributed by atoms with van der Waals surface area (Å²) in [5.74, 6) is 0.639. The zero-order valence-corrected chi connectivity index (χ0v) is 15.3. The van der Waals surface area contributed by atoms with Crippen LogP contribution < -0.4 is 5.32 Å². The number of aromatic amines is 1. The second-order valence-electron chi connectivity index (χ2n) is 6.32. The lowest BCUT2D eigenvalue weighted by Gasteiger charge is -2.04. The van der Waals surface area contributed by atoms with E-state index >= 15 is 0 Å². The number of rotatable bonds is 5. The summed E-state index contributed by atoms with van der Waals surface area (Å²) in [5, 5.41) is 5.52. The fourth-order valence-corrected chi connectivity index (χ4v) is 4.11. The van der Waals surface area contributed by atoms with Gasteiger partial charge in [0.15, 0.2) is 0 Å². The number of aromatic nitrogens is 4. The average molecular weight is 371 g/mol. The van der Waals surface area contributed by atoms with Gasteiger partial charge in [-0.05, 0) is 30.2 Å². The predicted octanol–water partition coefficient (Wildman–Crippen LogP) is 4.89. The Bertz CT molecular complexity index is 1170. The first kappa shape index (κ1) is 16.0. The quantitative estimate of drug-likeness (QED) is 0.462. The molecule has 5 rings (SSSR count). The lowest BCUT2D eigenvalue weighted by Crippen LogP contribution is -2.07. The van der Waals surface area contributed by atoms with E-state index < -0.39 is 0 Å². The largest absolute Gasteiger partial charge is 0.361 e. The molecular formula is C21H17N5S. The highest BCUT2D eigenvalue weighted by Gasteiger charge is 2.07. The predicted molar refractivity (Wildman–Crippen MR) is 111 cm³/mol. The van der Waals surface area contributed by atoms with E-state index in [0.29, 0.717) is 5.95 Å². The van der Waals surface area contributed by atoms with Crippen LogP contribution in [0.15, 0.2) is 67.1 Å². The molecule has 3 aromatic heterocycles. The number of hydrogen-bond donors (Lipinski definition) is 2. The molecule has 0 unspecified atom stereocenters. The maximum Gasteiger partial charge on any atom is 0.222 e. The number of nitrogens with zero attached hydrogens (tertiary/aromatic N) is 3. The molecule has 0 spiro atoms. The Labute approximate surface area is 160 Å². The third-order valence-corrected chi connectivity index (χ3v) is 5.63. The minimum atomic E-state index is 0.639. The molecule has 0 aliphatic carbocycles. The van der Waals surface area contributed by atoms with Gasteiger partial charge < -0.3 is 10.3 Å². The smallest absolute Gasteiger partial charge is 0.222 e. The standard InChI is InChI=1S/C21H17N5S/c1-2-6-17-16(5-1)14(11-23-17)9-10-22-21-24-12-15(13-25-21)20-26-18-7-3-4-8-19(18)27-20/h1-8,11-13,23H,9-10H2,(H,22,24,25). The minimum Gasteiger partial charge on any atom is -0.361 e. The molecule has 0 bridgehead atoms. The molecule has 0 atom stereocenters. The van der Waals surface area contributed by atoms with Gasteiger partial charge in [0.25, 0.3) is 0 Å². The molecule has 0 aliphatic rings. The van der Waals surface area contributed by atoms with Crippen LogP contribution in [0, 0.1) is 0 Å². The van der Waals surface area contributed by atoms with Gasteiger partial charge in [-0.15, -0.1) is 11.3 Å². The first-order valence-corrected chi connectivity index (χ1v) is 9.65. The summed E-state index contributed by atoms with van der Waals surface area (Å²) in [6.07, 6.45) is 6.65. The molecule has 0 fully saturated rings. The molecule has 0 saturated carbocycles. The lowest BCUT2D eigenvalue weighted by molar-refractivity contribution is 0.990. The zero-order valence-electron chi connectivity index (χ0n) is 14.5. The minimum absolute atomic E-state index is 0.639. The Morgan fingerprint density at radius 1 is 0.963 bits per heavy atom. The molecule has 0 amide bonds. The molecule has 3 heterocycles. The number of hydrogen-bond acceptors (Lipinski definition) is 5. The van der Waals surface area contributed by atoms with Crippen LogP contribution in [-0.2, 0) is 6.42 Å². The normalized spacial score (nSPS) is 11.3. The third kappa shape index (κ3) is 3.15. The fraction of sp³-hybridized carbons (Fsp3) is 0.0952. The van der Waals surface area contributed by atoms with Crippen molar-refractivity contribution < 1.29 is 0 Å². The number of anilines is 1. The Morgan fingerprint density at radius 3 is 2.67 bits per heavy atom. The summed E-state index contributed by atoms with van der Waals surface area (Å²) >= 11 is 1.66. The van der Waals surface area contributed by atoms with Gasteiger partial charge in [0.1, 0.15) is 5.01 Å². The van der Waals surface area contributed by atoms with Crippen LogP contribution in [0.25, 0.3) is 31.7 Å². The molecule has 6 heteroatoms. The molecule has 0 saturated heterocycles. The summed E-state index contributed by atoms with van der Waals surface area (Å²) < 4.78 is 1.17. The zero-order chi connectivity index (χ0) is 18.1. The highest BCUT2D eigenvalue weighted by molar-refractivity contribution is 7.21. The molecule has 2 N–H and O–H groups in total. The van der Waals surface area contributed by atoms with E-state index in [-0.39, 0.29) is 0 Å². The maximum atomic E-state index is 4.65. The SMILES string of the molecule is c1ccc2sc(-c3cnc(NCCc4c[nH]c5ccccc45)nc3)nc2c1. The lowest BCUT2D eigenvalue weighted by atomic mass is 10.1. The van der Waals surface area contributed by atoms with Crippen molar-refractivity contribution in [2.75, 3.05) is 11.9 Å². The van der Waals surface area contributed by atoms with Gasteiger partial charge in [-0.1, -0.05) is 30.3 Å². The van der Waals surface area contributed by atoms with E-state index in [4.69, 9.17) is 0 Å². The van der Waals surface area contributed by atoms with Crippen molar-refractivity contribution in [2.45, 2.75) is 6.42 Å². The van der Waals surface area contributed by atoms with Crippen LogP contribution in [-0.4, -0.2) is 26.5 Å². The van der Waals surface area contributed by atoms with Crippen molar-refractivity contribution in [3.05, 3.63) is 72.7 Å².